The fraction of sp³-hybridized carbons (Fsp3) is 0.474. The monoisotopic (exact) mass is 362 g/mol. The fourth-order valence-corrected chi connectivity index (χ4v) is 2.73. The summed E-state index contributed by atoms with van der Waals surface area (Å²) in [6.45, 7) is 8.64. The number of amides is 2. The van der Waals surface area contributed by atoms with Gasteiger partial charge in [-0.3, -0.25) is 0 Å². The minimum absolute atomic E-state index is 0.254. The standard InChI is InChI=1S/C19H26N2O5/c1-5-10-26-14-9-8-13(11-15(14)24-6-2)17-16(18(22)25-7-3)12(4)20-19(23)21-17/h8-9,11,17H,5-7,10H2,1-4H3,(H2,20,21,23). The molecule has 0 fully saturated rings. The number of urea groups is 1. The van der Waals surface area contributed by atoms with E-state index in [2.05, 4.69) is 10.6 Å². The van der Waals surface area contributed by atoms with Crippen molar-refractivity contribution in [3.63, 3.8) is 0 Å². The number of nitrogens with one attached hydrogen (secondary N) is 2. The summed E-state index contributed by atoms with van der Waals surface area (Å²) in [6, 6.07) is 4.41. The molecule has 0 aromatic heterocycles. The van der Waals surface area contributed by atoms with Crippen molar-refractivity contribution in [1.29, 1.82) is 0 Å². The molecule has 1 aliphatic heterocycles. The van der Waals surface area contributed by atoms with E-state index >= 15 is 0 Å². The first-order valence-electron chi connectivity index (χ1n) is 8.86. The average molecular weight is 362 g/mol. The van der Waals surface area contributed by atoms with Crippen molar-refractivity contribution < 1.29 is 23.8 Å². The molecule has 1 heterocycles. The summed E-state index contributed by atoms with van der Waals surface area (Å²) in [6.07, 6.45) is 0.882. The van der Waals surface area contributed by atoms with E-state index in [1.165, 1.54) is 0 Å². The van der Waals surface area contributed by atoms with E-state index in [0.29, 0.717) is 36.0 Å². The second kappa shape index (κ2) is 9.12. The molecule has 2 rings (SSSR count). The molecule has 0 bridgehead atoms. The van der Waals surface area contributed by atoms with E-state index < -0.39 is 12.0 Å². The third kappa shape index (κ3) is 4.47. The van der Waals surface area contributed by atoms with Crippen LogP contribution in [0.1, 0.15) is 45.7 Å². The Hall–Kier alpha value is -2.70. The predicted octanol–water partition coefficient (Wildman–Crippen LogP) is 3.07. The van der Waals surface area contributed by atoms with Crippen molar-refractivity contribution >= 4 is 12.0 Å². The molecule has 7 heteroatoms. The van der Waals surface area contributed by atoms with E-state index in [1.54, 1.807) is 26.0 Å². The van der Waals surface area contributed by atoms with Crippen molar-refractivity contribution in [1.82, 2.24) is 10.6 Å². The second-order valence-corrected chi connectivity index (χ2v) is 5.78. The minimum Gasteiger partial charge on any atom is -0.490 e. The van der Waals surface area contributed by atoms with Gasteiger partial charge in [-0.05, 0) is 44.9 Å². The van der Waals surface area contributed by atoms with Gasteiger partial charge in [0.2, 0.25) is 0 Å². The van der Waals surface area contributed by atoms with Gasteiger partial charge in [0.1, 0.15) is 0 Å². The van der Waals surface area contributed by atoms with Gasteiger partial charge in [-0.2, -0.15) is 0 Å². The van der Waals surface area contributed by atoms with Crippen LogP contribution in [0, 0.1) is 0 Å². The van der Waals surface area contributed by atoms with Crippen molar-refractivity contribution in [3.05, 3.63) is 35.0 Å². The maximum absolute atomic E-state index is 12.4. The van der Waals surface area contributed by atoms with E-state index in [9.17, 15) is 9.59 Å². The quantitative estimate of drug-likeness (QED) is 0.694. The Kier molecular flexibility index (Phi) is 6.89. The van der Waals surface area contributed by atoms with Crippen molar-refractivity contribution in [2.24, 2.45) is 0 Å². The Morgan fingerprint density at radius 2 is 1.88 bits per heavy atom. The van der Waals surface area contributed by atoms with Crippen LogP contribution in [0.15, 0.2) is 29.5 Å². The molecule has 0 spiro atoms. The highest BCUT2D eigenvalue weighted by Crippen LogP contribution is 2.34. The number of esters is 1. The van der Waals surface area contributed by atoms with Gasteiger partial charge in [0.25, 0.3) is 0 Å². The normalized spacial score (nSPS) is 16.6. The molecule has 142 valence electrons. The maximum Gasteiger partial charge on any atom is 0.338 e. The maximum atomic E-state index is 12.4. The second-order valence-electron chi connectivity index (χ2n) is 5.78. The zero-order valence-electron chi connectivity index (χ0n) is 15.7. The van der Waals surface area contributed by atoms with Crippen molar-refractivity contribution in [2.45, 2.75) is 40.2 Å². The molecule has 26 heavy (non-hydrogen) atoms. The molecule has 7 nitrogen and oxygen atoms in total. The number of carbonyl (C=O) groups is 2. The van der Waals surface area contributed by atoms with Crippen LogP contribution in [0.5, 0.6) is 11.5 Å². The molecule has 2 amide bonds. The number of hydrogen-bond donors (Lipinski definition) is 2. The molecule has 1 unspecified atom stereocenters. The van der Waals surface area contributed by atoms with Gasteiger partial charge in [0.05, 0.1) is 31.4 Å². The lowest BCUT2D eigenvalue weighted by atomic mass is 9.95. The highest BCUT2D eigenvalue weighted by atomic mass is 16.5. The summed E-state index contributed by atoms with van der Waals surface area (Å²) >= 11 is 0. The summed E-state index contributed by atoms with van der Waals surface area (Å²) < 4.78 is 16.5. The number of rotatable bonds is 8. The Labute approximate surface area is 153 Å². The molecule has 0 aliphatic carbocycles. The molecule has 2 N–H and O–H groups in total. The summed E-state index contributed by atoms with van der Waals surface area (Å²) in [5.74, 6) is 0.745. The number of ether oxygens (including phenoxy) is 3. The van der Waals surface area contributed by atoms with Crippen LogP contribution in [0.3, 0.4) is 0 Å². The number of carbonyl (C=O) groups excluding carboxylic acids is 2. The predicted molar refractivity (Wildman–Crippen MR) is 97.1 cm³/mol. The Morgan fingerprint density at radius 1 is 1.12 bits per heavy atom. The van der Waals surface area contributed by atoms with Crippen LogP contribution in [-0.4, -0.2) is 31.8 Å². The fourth-order valence-electron chi connectivity index (χ4n) is 2.73. The average Bonchev–Trinajstić information content (AvgIpc) is 2.60. The van der Waals surface area contributed by atoms with Crippen LogP contribution in [0.2, 0.25) is 0 Å². The number of allylic oxidation sites excluding steroid dienone is 1. The van der Waals surface area contributed by atoms with Gasteiger partial charge in [-0.15, -0.1) is 0 Å². The smallest absolute Gasteiger partial charge is 0.338 e. The zero-order valence-corrected chi connectivity index (χ0v) is 15.7. The Balaban J connectivity index is 2.42. The van der Waals surface area contributed by atoms with Gasteiger partial charge in [0, 0.05) is 5.70 Å². The van der Waals surface area contributed by atoms with Crippen LogP contribution >= 0.6 is 0 Å². The lowest BCUT2D eigenvalue weighted by Crippen LogP contribution is -2.45. The Bertz CT molecular complexity index is 699. The molecular weight excluding hydrogens is 336 g/mol. The molecule has 1 aliphatic rings. The largest absolute Gasteiger partial charge is 0.490 e. The Morgan fingerprint density at radius 3 is 2.54 bits per heavy atom. The number of hydrogen-bond acceptors (Lipinski definition) is 5. The SMILES string of the molecule is CCCOc1ccc(C2NC(=O)NC(C)=C2C(=O)OCC)cc1OCC. The summed E-state index contributed by atoms with van der Waals surface area (Å²) in [7, 11) is 0. The lowest BCUT2D eigenvalue weighted by Gasteiger charge is -2.28. The van der Waals surface area contributed by atoms with E-state index in [0.717, 1.165) is 12.0 Å². The molecule has 1 aromatic carbocycles. The summed E-state index contributed by atoms with van der Waals surface area (Å²) in [5.41, 5.74) is 1.56. The molecule has 1 atom stereocenters. The minimum atomic E-state index is -0.623. The molecule has 0 radical (unpaired) electrons. The van der Waals surface area contributed by atoms with Gasteiger partial charge >= 0.3 is 12.0 Å². The molecule has 0 saturated heterocycles. The third-order valence-electron chi connectivity index (χ3n) is 3.83. The summed E-state index contributed by atoms with van der Waals surface area (Å²) in [5, 5.41) is 5.40. The van der Waals surface area contributed by atoms with Gasteiger partial charge in [0.15, 0.2) is 11.5 Å². The van der Waals surface area contributed by atoms with Crippen LogP contribution in [-0.2, 0) is 9.53 Å². The summed E-state index contributed by atoms with van der Waals surface area (Å²) in [4.78, 5) is 24.3. The molecule has 1 aromatic rings. The highest BCUT2D eigenvalue weighted by Gasteiger charge is 2.32. The van der Waals surface area contributed by atoms with Crippen molar-refractivity contribution in [2.75, 3.05) is 19.8 Å². The molecule has 0 saturated carbocycles. The third-order valence-corrected chi connectivity index (χ3v) is 3.83. The number of benzene rings is 1. The van der Waals surface area contributed by atoms with Gasteiger partial charge < -0.3 is 24.8 Å². The van der Waals surface area contributed by atoms with E-state index in [4.69, 9.17) is 14.2 Å². The lowest BCUT2D eigenvalue weighted by molar-refractivity contribution is -0.139. The topological polar surface area (TPSA) is 85.9 Å². The first-order valence-corrected chi connectivity index (χ1v) is 8.86. The van der Waals surface area contributed by atoms with E-state index in [1.807, 2.05) is 19.9 Å². The van der Waals surface area contributed by atoms with Crippen molar-refractivity contribution in [3.8, 4) is 11.5 Å². The van der Waals surface area contributed by atoms with Crippen LogP contribution in [0.25, 0.3) is 0 Å². The van der Waals surface area contributed by atoms with Crippen LogP contribution < -0.4 is 20.1 Å². The van der Waals surface area contributed by atoms with Crippen LogP contribution in [0.4, 0.5) is 4.79 Å². The van der Waals surface area contributed by atoms with Gasteiger partial charge in [-0.1, -0.05) is 13.0 Å². The zero-order chi connectivity index (χ0) is 19.1. The van der Waals surface area contributed by atoms with Gasteiger partial charge in [-0.25, -0.2) is 9.59 Å². The highest BCUT2D eigenvalue weighted by molar-refractivity contribution is 5.95. The van der Waals surface area contributed by atoms with E-state index in [-0.39, 0.29) is 12.6 Å². The first-order chi connectivity index (χ1) is 12.5. The molecular formula is C19H26N2O5. The first kappa shape index (κ1) is 19.6.